The van der Waals surface area contributed by atoms with Crippen molar-refractivity contribution in [3.63, 3.8) is 0 Å². The first-order chi connectivity index (χ1) is 14.6. The lowest BCUT2D eigenvalue weighted by molar-refractivity contribution is -0.114. The van der Waals surface area contributed by atoms with Crippen molar-refractivity contribution in [3.8, 4) is 0 Å². The summed E-state index contributed by atoms with van der Waals surface area (Å²) in [5.41, 5.74) is 3.06. The van der Waals surface area contributed by atoms with Gasteiger partial charge < -0.3 is 15.5 Å². The number of amides is 3. The Balaban J connectivity index is 1.54. The van der Waals surface area contributed by atoms with E-state index in [4.69, 9.17) is 0 Å². The molecule has 3 rings (SSSR count). The number of carbonyl (C=O) groups is 3. The highest BCUT2D eigenvalue weighted by atomic mass is 16.2. The minimum absolute atomic E-state index is 0.0459. The normalized spacial score (nSPS) is 14.8. The van der Waals surface area contributed by atoms with Gasteiger partial charge in [-0.3, -0.25) is 14.4 Å². The van der Waals surface area contributed by atoms with E-state index in [-0.39, 0.29) is 29.2 Å². The molecule has 1 aliphatic rings. The molecule has 164 valence electrons. The Hall–Kier alpha value is -3.15. The Kier molecular flexibility index (Phi) is 6.78. The van der Waals surface area contributed by atoms with Gasteiger partial charge in [0.05, 0.1) is 0 Å². The summed E-state index contributed by atoms with van der Waals surface area (Å²) in [7, 11) is 0. The fraction of sp³-hybridized carbons (Fsp3) is 0.400. The molecule has 1 heterocycles. The van der Waals surface area contributed by atoms with Crippen LogP contribution in [0.2, 0.25) is 0 Å². The summed E-state index contributed by atoms with van der Waals surface area (Å²) >= 11 is 0. The Labute approximate surface area is 184 Å². The molecular formula is C25H31N3O3. The van der Waals surface area contributed by atoms with Crippen LogP contribution < -0.4 is 10.6 Å². The van der Waals surface area contributed by atoms with Crippen LogP contribution in [0.3, 0.4) is 0 Å². The molecule has 31 heavy (non-hydrogen) atoms. The van der Waals surface area contributed by atoms with Gasteiger partial charge in [0, 0.05) is 42.9 Å². The summed E-state index contributed by atoms with van der Waals surface area (Å²) in [6.07, 6.45) is 1.42. The average Bonchev–Trinajstić information content (AvgIpc) is 2.73. The summed E-state index contributed by atoms with van der Waals surface area (Å²) in [5.74, 6) is -0.308. The van der Waals surface area contributed by atoms with Crippen molar-refractivity contribution in [3.05, 3.63) is 65.2 Å². The second-order valence-electron chi connectivity index (χ2n) is 9.13. The number of likely N-dealkylation sites (tertiary alicyclic amines) is 1. The van der Waals surface area contributed by atoms with Crippen LogP contribution in [-0.4, -0.2) is 41.8 Å². The van der Waals surface area contributed by atoms with E-state index in [1.54, 1.807) is 29.2 Å². The van der Waals surface area contributed by atoms with Gasteiger partial charge in [0.25, 0.3) is 11.8 Å². The van der Waals surface area contributed by atoms with Crippen LogP contribution in [0.4, 0.5) is 5.69 Å². The molecule has 0 spiro atoms. The Morgan fingerprint density at radius 2 is 1.58 bits per heavy atom. The standard InChI is InChI=1S/C25H31N3O3/c1-17(29)26-22-7-5-6-19(16-22)24(31)28-14-12-21(13-15-28)27-23(30)18-8-10-20(11-9-18)25(2,3)4/h5-11,16,21H,12-15H2,1-4H3,(H,26,29)(H,27,30). The predicted molar refractivity (Wildman–Crippen MR) is 122 cm³/mol. The lowest BCUT2D eigenvalue weighted by atomic mass is 9.86. The second kappa shape index (κ2) is 9.33. The van der Waals surface area contributed by atoms with Gasteiger partial charge in [-0.05, 0) is 54.2 Å². The third-order valence-electron chi connectivity index (χ3n) is 5.56. The smallest absolute Gasteiger partial charge is 0.253 e. The molecule has 2 aromatic carbocycles. The van der Waals surface area contributed by atoms with Crippen LogP contribution in [0, 0.1) is 0 Å². The summed E-state index contributed by atoms with van der Waals surface area (Å²) in [6.45, 7) is 9.04. The molecule has 1 fully saturated rings. The van der Waals surface area contributed by atoms with Crippen LogP contribution in [-0.2, 0) is 10.2 Å². The van der Waals surface area contributed by atoms with Crippen LogP contribution in [0.5, 0.6) is 0 Å². The largest absolute Gasteiger partial charge is 0.349 e. The average molecular weight is 422 g/mol. The number of anilines is 1. The van der Waals surface area contributed by atoms with E-state index in [0.29, 0.717) is 42.7 Å². The molecule has 2 aromatic rings. The molecule has 2 N–H and O–H groups in total. The molecule has 0 aromatic heterocycles. The van der Waals surface area contributed by atoms with Crippen LogP contribution in [0.25, 0.3) is 0 Å². The number of rotatable bonds is 4. The van der Waals surface area contributed by atoms with Crippen molar-refractivity contribution in [2.45, 2.75) is 52.0 Å². The molecule has 0 aliphatic carbocycles. The molecule has 0 radical (unpaired) electrons. The third kappa shape index (κ3) is 5.94. The molecule has 1 aliphatic heterocycles. The van der Waals surface area contributed by atoms with Gasteiger partial charge in [0.2, 0.25) is 5.91 Å². The fourth-order valence-electron chi connectivity index (χ4n) is 3.73. The molecule has 3 amide bonds. The predicted octanol–water partition coefficient (Wildman–Crippen LogP) is 3.98. The lowest BCUT2D eigenvalue weighted by Crippen LogP contribution is -2.46. The summed E-state index contributed by atoms with van der Waals surface area (Å²) in [4.78, 5) is 38.5. The van der Waals surface area contributed by atoms with E-state index in [9.17, 15) is 14.4 Å². The van der Waals surface area contributed by atoms with Gasteiger partial charge in [0.1, 0.15) is 0 Å². The maximum atomic E-state index is 12.8. The fourth-order valence-corrected chi connectivity index (χ4v) is 3.73. The number of nitrogens with one attached hydrogen (secondary N) is 2. The second-order valence-corrected chi connectivity index (χ2v) is 9.13. The number of hydrogen-bond donors (Lipinski definition) is 2. The zero-order chi connectivity index (χ0) is 22.6. The van der Waals surface area contributed by atoms with E-state index in [1.165, 1.54) is 12.5 Å². The Bertz CT molecular complexity index is 953. The SMILES string of the molecule is CC(=O)Nc1cccc(C(=O)N2CCC(NC(=O)c3ccc(C(C)(C)C)cc3)CC2)c1. The summed E-state index contributed by atoms with van der Waals surface area (Å²) < 4.78 is 0. The zero-order valence-corrected chi connectivity index (χ0v) is 18.7. The maximum Gasteiger partial charge on any atom is 0.253 e. The van der Waals surface area contributed by atoms with Crippen molar-refractivity contribution in [2.24, 2.45) is 0 Å². The van der Waals surface area contributed by atoms with Gasteiger partial charge in [0.15, 0.2) is 0 Å². The van der Waals surface area contributed by atoms with Crippen molar-refractivity contribution in [2.75, 3.05) is 18.4 Å². The molecule has 0 unspecified atom stereocenters. The third-order valence-corrected chi connectivity index (χ3v) is 5.56. The minimum atomic E-state index is -0.172. The van der Waals surface area contributed by atoms with Crippen molar-refractivity contribution < 1.29 is 14.4 Å². The van der Waals surface area contributed by atoms with E-state index in [0.717, 1.165) is 0 Å². The molecular weight excluding hydrogens is 390 g/mol. The maximum absolute atomic E-state index is 12.8. The minimum Gasteiger partial charge on any atom is -0.349 e. The molecule has 6 heteroatoms. The first kappa shape index (κ1) is 22.5. The lowest BCUT2D eigenvalue weighted by Gasteiger charge is -2.32. The highest BCUT2D eigenvalue weighted by Gasteiger charge is 2.25. The Morgan fingerprint density at radius 1 is 0.935 bits per heavy atom. The zero-order valence-electron chi connectivity index (χ0n) is 18.7. The molecule has 0 saturated carbocycles. The van der Waals surface area contributed by atoms with Gasteiger partial charge >= 0.3 is 0 Å². The molecule has 6 nitrogen and oxygen atoms in total. The van der Waals surface area contributed by atoms with Gasteiger partial charge in [-0.2, -0.15) is 0 Å². The highest BCUT2D eigenvalue weighted by Crippen LogP contribution is 2.22. The monoisotopic (exact) mass is 421 g/mol. The quantitative estimate of drug-likeness (QED) is 0.784. The number of hydrogen-bond acceptors (Lipinski definition) is 3. The van der Waals surface area contributed by atoms with E-state index >= 15 is 0 Å². The van der Waals surface area contributed by atoms with E-state index in [2.05, 4.69) is 31.4 Å². The summed E-state index contributed by atoms with van der Waals surface area (Å²) in [5, 5.41) is 5.80. The van der Waals surface area contributed by atoms with Crippen molar-refractivity contribution >= 4 is 23.4 Å². The molecule has 0 atom stereocenters. The van der Waals surface area contributed by atoms with Gasteiger partial charge in [-0.25, -0.2) is 0 Å². The molecule has 0 bridgehead atoms. The number of benzene rings is 2. The van der Waals surface area contributed by atoms with E-state index in [1.807, 2.05) is 24.3 Å². The number of carbonyl (C=O) groups excluding carboxylic acids is 3. The first-order valence-corrected chi connectivity index (χ1v) is 10.7. The van der Waals surface area contributed by atoms with Crippen LogP contribution in [0.15, 0.2) is 48.5 Å². The van der Waals surface area contributed by atoms with Crippen molar-refractivity contribution in [1.82, 2.24) is 10.2 Å². The first-order valence-electron chi connectivity index (χ1n) is 10.7. The Morgan fingerprint density at radius 3 is 2.16 bits per heavy atom. The van der Waals surface area contributed by atoms with Crippen LogP contribution >= 0.6 is 0 Å². The highest BCUT2D eigenvalue weighted by molar-refractivity contribution is 5.97. The van der Waals surface area contributed by atoms with Gasteiger partial charge in [-0.15, -0.1) is 0 Å². The van der Waals surface area contributed by atoms with E-state index < -0.39 is 0 Å². The van der Waals surface area contributed by atoms with Crippen molar-refractivity contribution in [1.29, 1.82) is 0 Å². The molecule has 1 saturated heterocycles. The summed E-state index contributed by atoms with van der Waals surface area (Å²) in [6, 6.07) is 14.8. The number of nitrogens with zero attached hydrogens (tertiary/aromatic N) is 1. The van der Waals surface area contributed by atoms with Crippen LogP contribution in [0.1, 0.15) is 66.8 Å². The topological polar surface area (TPSA) is 78.5 Å². The number of piperidine rings is 1. The van der Waals surface area contributed by atoms with Gasteiger partial charge in [-0.1, -0.05) is 39.0 Å².